The standard InChI is InChI=1S/C17H21NO4/c1-21-14-8-12(9-15-13(14)4-7-22-15)16(20)18-10-17(11-19)5-2-3-6-17/h4,7-9,19H,2-3,5-6,10-11H2,1H3,(H,18,20). The number of hydrogen-bond donors (Lipinski definition) is 2. The second kappa shape index (κ2) is 6.01. The highest BCUT2D eigenvalue weighted by Crippen LogP contribution is 2.37. The second-order valence-corrected chi connectivity index (χ2v) is 6.06. The van der Waals surface area contributed by atoms with Crippen molar-refractivity contribution in [2.24, 2.45) is 5.41 Å². The Morgan fingerprint density at radius 1 is 1.41 bits per heavy atom. The Hall–Kier alpha value is -2.01. The van der Waals surface area contributed by atoms with Crippen LogP contribution in [-0.4, -0.2) is 31.3 Å². The zero-order valence-electron chi connectivity index (χ0n) is 12.7. The van der Waals surface area contributed by atoms with Crippen molar-refractivity contribution in [1.82, 2.24) is 5.32 Å². The molecular formula is C17H21NO4. The summed E-state index contributed by atoms with van der Waals surface area (Å²) in [7, 11) is 1.57. The van der Waals surface area contributed by atoms with Crippen molar-refractivity contribution in [2.75, 3.05) is 20.3 Å². The molecule has 0 aliphatic heterocycles. The molecule has 1 aliphatic carbocycles. The monoisotopic (exact) mass is 303 g/mol. The lowest BCUT2D eigenvalue weighted by Crippen LogP contribution is -2.38. The molecule has 0 spiro atoms. The number of methoxy groups -OCH3 is 1. The lowest BCUT2D eigenvalue weighted by molar-refractivity contribution is 0.0880. The van der Waals surface area contributed by atoms with Crippen molar-refractivity contribution >= 4 is 16.9 Å². The number of rotatable bonds is 5. The Labute approximate surface area is 129 Å². The van der Waals surface area contributed by atoms with E-state index in [0.717, 1.165) is 31.1 Å². The van der Waals surface area contributed by atoms with Crippen LogP contribution in [0.5, 0.6) is 5.75 Å². The maximum Gasteiger partial charge on any atom is 0.251 e. The molecule has 0 unspecified atom stereocenters. The van der Waals surface area contributed by atoms with Gasteiger partial charge in [-0.2, -0.15) is 0 Å². The number of carbonyl (C=O) groups is 1. The summed E-state index contributed by atoms with van der Waals surface area (Å²) in [6, 6.07) is 5.25. The highest BCUT2D eigenvalue weighted by molar-refractivity contribution is 5.99. The minimum Gasteiger partial charge on any atom is -0.496 e. The van der Waals surface area contributed by atoms with Gasteiger partial charge in [0.2, 0.25) is 0 Å². The third kappa shape index (κ3) is 2.68. The van der Waals surface area contributed by atoms with E-state index in [1.54, 1.807) is 25.5 Å². The second-order valence-electron chi connectivity index (χ2n) is 6.06. The molecule has 118 valence electrons. The van der Waals surface area contributed by atoms with Crippen molar-refractivity contribution in [1.29, 1.82) is 0 Å². The molecule has 1 saturated carbocycles. The molecule has 0 atom stereocenters. The number of ether oxygens (including phenoxy) is 1. The van der Waals surface area contributed by atoms with Gasteiger partial charge in [-0.25, -0.2) is 0 Å². The van der Waals surface area contributed by atoms with Crippen LogP contribution < -0.4 is 10.1 Å². The number of benzene rings is 1. The number of furan rings is 1. The Morgan fingerprint density at radius 2 is 2.18 bits per heavy atom. The predicted octanol–water partition coefficient (Wildman–Crippen LogP) is 2.72. The average molecular weight is 303 g/mol. The summed E-state index contributed by atoms with van der Waals surface area (Å²) in [5.41, 5.74) is 0.974. The minimum atomic E-state index is -0.170. The fraction of sp³-hybridized carbons (Fsp3) is 0.471. The van der Waals surface area contributed by atoms with Crippen LogP contribution in [0.25, 0.3) is 11.0 Å². The van der Waals surface area contributed by atoms with Crippen molar-refractivity contribution in [2.45, 2.75) is 25.7 Å². The van der Waals surface area contributed by atoms with Gasteiger partial charge >= 0.3 is 0 Å². The molecule has 5 heteroatoms. The van der Waals surface area contributed by atoms with Gasteiger partial charge in [-0.05, 0) is 31.0 Å². The molecule has 0 radical (unpaired) electrons. The largest absolute Gasteiger partial charge is 0.496 e. The maximum atomic E-state index is 12.4. The molecule has 1 aromatic carbocycles. The van der Waals surface area contributed by atoms with E-state index < -0.39 is 0 Å². The highest BCUT2D eigenvalue weighted by atomic mass is 16.5. The van der Waals surface area contributed by atoms with Crippen LogP contribution in [0.2, 0.25) is 0 Å². The molecule has 2 aromatic rings. The number of fused-ring (bicyclic) bond motifs is 1. The minimum absolute atomic E-state index is 0.119. The number of carbonyl (C=O) groups excluding carboxylic acids is 1. The molecule has 2 N–H and O–H groups in total. The molecular weight excluding hydrogens is 282 g/mol. The summed E-state index contributed by atoms with van der Waals surface area (Å²) in [5, 5.41) is 13.4. The smallest absolute Gasteiger partial charge is 0.251 e. The van der Waals surface area contributed by atoms with Gasteiger partial charge in [0, 0.05) is 17.5 Å². The van der Waals surface area contributed by atoms with Crippen LogP contribution in [0.1, 0.15) is 36.0 Å². The first kappa shape index (κ1) is 14.9. The van der Waals surface area contributed by atoms with Gasteiger partial charge in [0.1, 0.15) is 11.3 Å². The first-order chi connectivity index (χ1) is 10.7. The Kier molecular flexibility index (Phi) is 4.07. The third-order valence-corrected chi connectivity index (χ3v) is 4.64. The fourth-order valence-electron chi connectivity index (χ4n) is 3.22. The molecule has 0 saturated heterocycles. The van der Waals surface area contributed by atoms with Gasteiger partial charge < -0.3 is 19.6 Å². The lowest BCUT2D eigenvalue weighted by Gasteiger charge is -2.26. The fourth-order valence-corrected chi connectivity index (χ4v) is 3.22. The lowest BCUT2D eigenvalue weighted by atomic mass is 9.87. The van der Waals surface area contributed by atoms with E-state index in [9.17, 15) is 9.90 Å². The van der Waals surface area contributed by atoms with Crippen molar-refractivity contribution in [3.63, 3.8) is 0 Å². The zero-order chi connectivity index (χ0) is 15.6. The molecule has 1 aliphatic rings. The van der Waals surface area contributed by atoms with E-state index in [1.165, 1.54) is 0 Å². The van der Waals surface area contributed by atoms with Crippen LogP contribution in [0, 0.1) is 5.41 Å². The van der Waals surface area contributed by atoms with Gasteiger partial charge in [0.05, 0.1) is 25.4 Å². The highest BCUT2D eigenvalue weighted by Gasteiger charge is 2.33. The van der Waals surface area contributed by atoms with E-state index in [2.05, 4.69) is 5.32 Å². The molecule has 0 bridgehead atoms. The molecule has 1 heterocycles. The van der Waals surface area contributed by atoms with Gasteiger partial charge in [-0.3, -0.25) is 4.79 Å². The molecule has 1 aromatic heterocycles. The van der Waals surface area contributed by atoms with E-state index in [4.69, 9.17) is 9.15 Å². The summed E-state index contributed by atoms with van der Waals surface area (Å²) >= 11 is 0. The van der Waals surface area contributed by atoms with Crippen LogP contribution in [0.4, 0.5) is 0 Å². The van der Waals surface area contributed by atoms with Crippen LogP contribution in [0.15, 0.2) is 28.9 Å². The molecule has 1 fully saturated rings. The van der Waals surface area contributed by atoms with E-state index in [1.807, 2.05) is 6.07 Å². The Morgan fingerprint density at radius 3 is 2.86 bits per heavy atom. The first-order valence-electron chi connectivity index (χ1n) is 7.62. The van der Waals surface area contributed by atoms with E-state index in [0.29, 0.717) is 23.4 Å². The van der Waals surface area contributed by atoms with E-state index in [-0.39, 0.29) is 17.9 Å². The normalized spacial score (nSPS) is 16.8. The number of aliphatic hydroxyl groups is 1. The van der Waals surface area contributed by atoms with Crippen LogP contribution in [-0.2, 0) is 0 Å². The van der Waals surface area contributed by atoms with Crippen molar-refractivity contribution in [3.8, 4) is 5.75 Å². The number of hydrogen-bond acceptors (Lipinski definition) is 4. The zero-order valence-corrected chi connectivity index (χ0v) is 12.7. The molecule has 22 heavy (non-hydrogen) atoms. The van der Waals surface area contributed by atoms with Gasteiger partial charge in [-0.15, -0.1) is 0 Å². The van der Waals surface area contributed by atoms with Gasteiger partial charge in [0.25, 0.3) is 5.91 Å². The number of aliphatic hydroxyl groups excluding tert-OH is 1. The number of nitrogens with one attached hydrogen (secondary N) is 1. The molecule has 5 nitrogen and oxygen atoms in total. The Balaban J connectivity index is 1.77. The summed E-state index contributed by atoms with van der Waals surface area (Å²) in [6.45, 7) is 0.620. The van der Waals surface area contributed by atoms with E-state index >= 15 is 0 Å². The quantitative estimate of drug-likeness (QED) is 0.891. The van der Waals surface area contributed by atoms with Gasteiger partial charge in [-0.1, -0.05) is 12.8 Å². The summed E-state index contributed by atoms with van der Waals surface area (Å²) in [4.78, 5) is 12.4. The topological polar surface area (TPSA) is 71.7 Å². The molecule has 3 rings (SSSR count). The first-order valence-corrected chi connectivity index (χ1v) is 7.62. The average Bonchev–Trinajstić information content (AvgIpc) is 3.21. The summed E-state index contributed by atoms with van der Waals surface area (Å²) in [5.74, 6) is 0.450. The third-order valence-electron chi connectivity index (χ3n) is 4.64. The van der Waals surface area contributed by atoms with Crippen LogP contribution in [0.3, 0.4) is 0 Å². The number of amides is 1. The van der Waals surface area contributed by atoms with Gasteiger partial charge in [0.15, 0.2) is 0 Å². The predicted molar refractivity (Wildman–Crippen MR) is 83.1 cm³/mol. The Bertz CT molecular complexity index is 670. The maximum absolute atomic E-state index is 12.4. The van der Waals surface area contributed by atoms with Crippen LogP contribution >= 0.6 is 0 Å². The molecule has 1 amide bonds. The summed E-state index contributed by atoms with van der Waals surface area (Å²) in [6.07, 6.45) is 5.73. The van der Waals surface area contributed by atoms with Crippen molar-refractivity contribution in [3.05, 3.63) is 30.0 Å². The van der Waals surface area contributed by atoms with Crippen molar-refractivity contribution < 1.29 is 19.1 Å². The SMILES string of the molecule is COc1cc(C(=O)NCC2(CO)CCCC2)cc2occc12. The summed E-state index contributed by atoms with van der Waals surface area (Å²) < 4.78 is 10.7.